The molecule has 1 aromatic heterocycles. The molecule has 1 aromatic carbocycles. The smallest absolute Gasteiger partial charge is 0.344 e. The molecular formula is C11H8N2O2. The first-order valence-electron chi connectivity index (χ1n) is 4.41. The van der Waals surface area contributed by atoms with E-state index in [4.69, 9.17) is 4.74 Å². The van der Waals surface area contributed by atoms with Gasteiger partial charge in [0.15, 0.2) is 0 Å². The molecule has 0 N–H and O–H groups in total. The maximum atomic E-state index is 11.5. The second kappa shape index (κ2) is 4.32. The van der Waals surface area contributed by atoms with Gasteiger partial charge in [-0.25, -0.2) is 4.79 Å². The van der Waals surface area contributed by atoms with Crippen LogP contribution in [-0.2, 0) is 0 Å². The van der Waals surface area contributed by atoms with Crippen molar-refractivity contribution in [1.82, 2.24) is 10.2 Å². The van der Waals surface area contributed by atoms with Gasteiger partial charge in [-0.05, 0) is 18.2 Å². The Labute approximate surface area is 86.5 Å². The van der Waals surface area contributed by atoms with E-state index in [0.717, 1.165) is 0 Å². The molecule has 1 heterocycles. The van der Waals surface area contributed by atoms with Gasteiger partial charge in [-0.3, -0.25) is 0 Å². The summed E-state index contributed by atoms with van der Waals surface area (Å²) in [7, 11) is 0. The van der Waals surface area contributed by atoms with Crippen LogP contribution < -0.4 is 4.74 Å². The Morgan fingerprint density at radius 2 is 1.87 bits per heavy atom. The van der Waals surface area contributed by atoms with Crippen LogP contribution in [0.5, 0.6) is 5.88 Å². The van der Waals surface area contributed by atoms with Crippen molar-refractivity contribution in [3.05, 3.63) is 54.2 Å². The van der Waals surface area contributed by atoms with Crippen molar-refractivity contribution in [2.24, 2.45) is 0 Å². The number of aromatic nitrogens is 2. The molecule has 0 aliphatic rings. The molecule has 0 radical (unpaired) electrons. The van der Waals surface area contributed by atoms with Crippen LogP contribution in [0.3, 0.4) is 0 Å². The summed E-state index contributed by atoms with van der Waals surface area (Å²) in [5.74, 6) is -0.234. The molecule has 0 spiro atoms. The number of nitrogens with zero attached hydrogens (tertiary/aromatic N) is 2. The molecule has 0 bridgehead atoms. The van der Waals surface area contributed by atoms with E-state index in [0.29, 0.717) is 5.56 Å². The van der Waals surface area contributed by atoms with Crippen molar-refractivity contribution in [1.29, 1.82) is 0 Å². The first kappa shape index (κ1) is 9.33. The molecule has 15 heavy (non-hydrogen) atoms. The standard InChI is InChI=1S/C11H8N2O2/c14-11(9-5-2-1-3-6-9)15-10-7-4-8-12-13-10/h1-8H. The van der Waals surface area contributed by atoms with Crippen molar-refractivity contribution in [3.8, 4) is 5.88 Å². The summed E-state index contributed by atoms with van der Waals surface area (Å²) in [5.41, 5.74) is 0.489. The molecule has 74 valence electrons. The molecule has 0 saturated carbocycles. The topological polar surface area (TPSA) is 52.1 Å². The molecule has 0 amide bonds. The lowest BCUT2D eigenvalue weighted by atomic mass is 10.2. The van der Waals surface area contributed by atoms with Crippen LogP contribution in [-0.4, -0.2) is 16.2 Å². The number of hydrogen-bond donors (Lipinski definition) is 0. The van der Waals surface area contributed by atoms with Gasteiger partial charge < -0.3 is 4.74 Å². The fraction of sp³-hybridized carbons (Fsp3) is 0. The highest BCUT2D eigenvalue weighted by atomic mass is 16.5. The summed E-state index contributed by atoms with van der Waals surface area (Å²) in [6.07, 6.45) is 1.51. The zero-order valence-corrected chi connectivity index (χ0v) is 7.83. The number of carbonyl (C=O) groups is 1. The Morgan fingerprint density at radius 3 is 2.53 bits per heavy atom. The predicted octanol–water partition coefficient (Wildman–Crippen LogP) is 1.70. The van der Waals surface area contributed by atoms with Gasteiger partial charge in [-0.1, -0.05) is 18.2 Å². The Morgan fingerprint density at radius 1 is 1.07 bits per heavy atom. The third-order valence-corrected chi connectivity index (χ3v) is 1.75. The Balaban J connectivity index is 2.12. The molecule has 0 aliphatic carbocycles. The summed E-state index contributed by atoms with van der Waals surface area (Å²) in [5, 5.41) is 7.26. The lowest BCUT2D eigenvalue weighted by Gasteiger charge is -2.01. The number of carbonyl (C=O) groups excluding carboxylic acids is 1. The molecule has 0 unspecified atom stereocenters. The lowest BCUT2D eigenvalue weighted by molar-refractivity contribution is 0.0726. The van der Waals surface area contributed by atoms with Gasteiger partial charge in [-0.2, -0.15) is 5.10 Å². The van der Waals surface area contributed by atoms with E-state index in [1.54, 1.807) is 36.4 Å². The average molecular weight is 200 g/mol. The van der Waals surface area contributed by atoms with Gasteiger partial charge in [0.1, 0.15) is 0 Å². The Hall–Kier alpha value is -2.23. The van der Waals surface area contributed by atoms with Crippen LogP contribution in [0.25, 0.3) is 0 Å². The summed E-state index contributed by atoms with van der Waals surface area (Å²) in [4.78, 5) is 11.5. The number of ether oxygens (including phenoxy) is 1. The van der Waals surface area contributed by atoms with Gasteiger partial charge in [0, 0.05) is 12.3 Å². The van der Waals surface area contributed by atoms with E-state index in [1.807, 2.05) is 6.07 Å². The fourth-order valence-corrected chi connectivity index (χ4v) is 1.07. The Bertz CT molecular complexity index is 443. The van der Waals surface area contributed by atoms with Crippen LogP contribution in [0.2, 0.25) is 0 Å². The van der Waals surface area contributed by atoms with Crippen molar-refractivity contribution < 1.29 is 9.53 Å². The quantitative estimate of drug-likeness (QED) is 0.692. The molecular weight excluding hydrogens is 192 g/mol. The summed E-state index contributed by atoms with van der Waals surface area (Å²) < 4.78 is 4.99. The first-order valence-corrected chi connectivity index (χ1v) is 4.41. The van der Waals surface area contributed by atoms with Crippen LogP contribution in [0.1, 0.15) is 10.4 Å². The van der Waals surface area contributed by atoms with Crippen LogP contribution >= 0.6 is 0 Å². The molecule has 0 saturated heterocycles. The van der Waals surface area contributed by atoms with E-state index in [2.05, 4.69) is 10.2 Å². The normalized spacial score (nSPS) is 9.60. The third-order valence-electron chi connectivity index (χ3n) is 1.75. The number of hydrogen-bond acceptors (Lipinski definition) is 4. The molecule has 0 atom stereocenters. The van der Waals surface area contributed by atoms with Gasteiger partial charge in [0.25, 0.3) is 0 Å². The third kappa shape index (κ3) is 2.37. The van der Waals surface area contributed by atoms with E-state index in [9.17, 15) is 4.79 Å². The second-order valence-electron chi connectivity index (χ2n) is 2.82. The lowest BCUT2D eigenvalue weighted by Crippen LogP contribution is -2.09. The number of esters is 1. The predicted molar refractivity (Wildman–Crippen MR) is 53.4 cm³/mol. The van der Waals surface area contributed by atoms with E-state index >= 15 is 0 Å². The maximum absolute atomic E-state index is 11.5. The molecule has 4 nitrogen and oxygen atoms in total. The zero-order valence-electron chi connectivity index (χ0n) is 7.83. The monoisotopic (exact) mass is 200 g/mol. The second-order valence-corrected chi connectivity index (χ2v) is 2.82. The zero-order chi connectivity index (χ0) is 10.5. The minimum absolute atomic E-state index is 0.200. The minimum Gasteiger partial charge on any atom is -0.402 e. The fourth-order valence-electron chi connectivity index (χ4n) is 1.07. The van der Waals surface area contributed by atoms with Crippen molar-refractivity contribution in [2.75, 3.05) is 0 Å². The molecule has 4 heteroatoms. The van der Waals surface area contributed by atoms with Crippen LogP contribution in [0.15, 0.2) is 48.7 Å². The number of benzene rings is 1. The van der Waals surface area contributed by atoms with Crippen molar-refractivity contribution >= 4 is 5.97 Å². The van der Waals surface area contributed by atoms with Crippen molar-refractivity contribution in [3.63, 3.8) is 0 Å². The highest BCUT2D eigenvalue weighted by Gasteiger charge is 2.07. The van der Waals surface area contributed by atoms with Gasteiger partial charge in [-0.15, -0.1) is 5.10 Å². The molecule has 2 aromatic rings. The van der Waals surface area contributed by atoms with Gasteiger partial charge in [0.2, 0.25) is 5.88 Å². The van der Waals surface area contributed by atoms with Gasteiger partial charge in [0.05, 0.1) is 5.56 Å². The van der Waals surface area contributed by atoms with Crippen LogP contribution in [0, 0.1) is 0 Å². The highest BCUT2D eigenvalue weighted by molar-refractivity contribution is 5.90. The maximum Gasteiger partial charge on any atom is 0.344 e. The van der Waals surface area contributed by atoms with Crippen molar-refractivity contribution in [2.45, 2.75) is 0 Å². The van der Waals surface area contributed by atoms with Crippen LogP contribution in [0.4, 0.5) is 0 Å². The molecule has 0 aliphatic heterocycles. The minimum atomic E-state index is -0.434. The average Bonchev–Trinajstić information content (AvgIpc) is 2.31. The SMILES string of the molecule is O=C(Oc1cccnn1)c1ccccc1. The first-order chi connectivity index (χ1) is 7.36. The van der Waals surface area contributed by atoms with E-state index < -0.39 is 5.97 Å². The Kier molecular flexibility index (Phi) is 2.69. The molecule has 0 fully saturated rings. The summed E-state index contributed by atoms with van der Waals surface area (Å²) in [6.45, 7) is 0. The summed E-state index contributed by atoms with van der Waals surface area (Å²) >= 11 is 0. The van der Waals surface area contributed by atoms with Gasteiger partial charge >= 0.3 is 5.97 Å². The van der Waals surface area contributed by atoms with E-state index in [-0.39, 0.29) is 5.88 Å². The largest absolute Gasteiger partial charge is 0.402 e. The van der Waals surface area contributed by atoms with E-state index in [1.165, 1.54) is 6.20 Å². The summed E-state index contributed by atoms with van der Waals surface area (Å²) in [6, 6.07) is 12.0. The highest BCUT2D eigenvalue weighted by Crippen LogP contribution is 2.06. The number of rotatable bonds is 2. The molecule has 2 rings (SSSR count).